The van der Waals surface area contributed by atoms with Crippen molar-refractivity contribution in [3.63, 3.8) is 0 Å². The fraction of sp³-hybridized carbons (Fsp3) is 0.296. The first-order valence-corrected chi connectivity index (χ1v) is 11.3. The Morgan fingerprint density at radius 2 is 1.94 bits per heavy atom. The van der Waals surface area contributed by atoms with Gasteiger partial charge in [0, 0.05) is 37.8 Å². The van der Waals surface area contributed by atoms with E-state index in [0.717, 1.165) is 34.6 Å². The van der Waals surface area contributed by atoms with Gasteiger partial charge in [-0.25, -0.2) is 0 Å². The van der Waals surface area contributed by atoms with Gasteiger partial charge in [-0.2, -0.15) is 0 Å². The van der Waals surface area contributed by atoms with Gasteiger partial charge in [0.15, 0.2) is 0 Å². The van der Waals surface area contributed by atoms with Gasteiger partial charge in [-0.3, -0.25) is 14.6 Å². The molecule has 2 aromatic carbocycles. The van der Waals surface area contributed by atoms with Crippen molar-refractivity contribution in [2.75, 3.05) is 20.2 Å². The van der Waals surface area contributed by atoms with E-state index in [0.29, 0.717) is 32.4 Å². The summed E-state index contributed by atoms with van der Waals surface area (Å²) in [5.41, 5.74) is 4.15. The lowest BCUT2D eigenvalue weighted by Gasteiger charge is -2.35. The number of aromatic nitrogens is 1. The third-order valence-electron chi connectivity index (χ3n) is 5.98. The van der Waals surface area contributed by atoms with Crippen LogP contribution in [0.2, 0.25) is 0 Å². The van der Waals surface area contributed by atoms with E-state index in [1.54, 1.807) is 18.2 Å². The number of amides is 2. The van der Waals surface area contributed by atoms with Gasteiger partial charge in [0.25, 0.3) is 0 Å². The second-order valence-electron chi connectivity index (χ2n) is 8.20. The highest BCUT2D eigenvalue weighted by atomic mass is 16.5. The number of hydrogen-bond acceptors (Lipinski definition) is 4. The molecule has 1 atom stereocenters. The molecule has 0 spiro atoms. The molecule has 1 aliphatic rings. The number of carbonyl (C=O) groups excluding carboxylic acids is 2. The number of nitrogens with one attached hydrogen (secondary N) is 1. The molecule has 33 heavy (non-hydrogen) atoms. The van der Waals surface area contributed by atoms with Crippen LogP contribution in [-0.4, -0.2) is 47.9 Å². The molecule has 0 aliphatic carbocycles. The van der Waals surface area contributed by atoms with Crippen LogP contribution in [0.15, 0.2) is 72.9 Å². The predicted molar refractivity (Wildman–Crippen MR) is 128 cm³/mol. The Morgan fingerprint density at radius 3 is 2.70 bits per heavy atom. The molecule has 1 aromatic heterocycles. The standard InChI is InChI=1S/C27H29N3O3/c1-33-24-13-11-21(12-14-24)22-7-4-6-20(18-22)19-25-27(32)29-16-17-30(25)26(31)10-5-9-23-8-2-3-15-28-23/h2-4,6-8,11-15,18,25H,5,9-10,16-17,19H2,1H3,(H,29,32)/t25-/m1/s1. The van der Waals surface area contributed by atoms with Gasteiger partial charge in [0.2, 0.25) is 11.8 Å². The van der Waals surface area contributed by atoms with Gasteiger partial charge < -0.3 is 15.0 Å². The molecule has 1 N–H and O–H groups in total. The number of hydrogen-bond donors (Lipinski definition) is 1. The molecule has 3 aromatic rings. The highest BCUT2D eigenvalue weighted by Gasteiger charge is 2.32. The van der Waals surface area contributed by atoms with Crippen molar-refractivity contribution >= 4 is 11.8 Å². The molecule has 4 rings (SSSR count). The van der Waals surface area contributed by atoms with Crippen LogP contribution in [-0.2, 0) is 22.4 Å². The first kappa shape index (κ1) is 22.5. The summed E-state index contributed by atoms with van der Waals surface area (Å²) < 4.78 is 5.24. The Morgan fingerprint density at radius 1 is 1.09 bits per heavy atom. The summed E-state index contributed by atoms with van der Waals surface area (Å²) in [6.07, 6.45) is 4.13. The summed E-state index contributed by atoms with van der Waals surface area (Å²) in [5.74, 6) is 0.747. The molecule has 1 aliphatic heterocycles. The SMILES string of the molecule is COc1ccc(-c2cccc(C[C@@H]3C(=O)NCCN3C(=O)CCCc3ccccn3)c2)cc1. The maximum atomic E-state index is 13.0. The molecular weight excluding hydrogens is 414 g/mol. The number of ether oxygens (including phenoxy) is 1. The zero-order valence-electron chi connectivity index (χ0n) is 18.9. The first-order valence-electron chi connectivity index (χ1n) is 11.3. The molecule has 2 amide bonds. The molecule has 0 radical (unpaired) electrons. The molecule has 1 fully saturated rings. The highest BCUT2D eigenvalue weighted by Crippen LogP contribution is 2.24. The Balaban J connectivity index is 1.43. The van der Waals surface area contributed by atoms with Crippen LogP contribution in [0.4, 0.5) is 0 Å². The number of rotatable bonds is 8. The molecule has 0 bridgehead atoms. The number of nitrogens with zero attached hydrogens (tertiary/aromatic N) is 2. The van der Waals surface area contributed by atoms with Crippen molar-refractivity contribution in [1.82, 2.24) is 15.2 Å². The summed E-state index contributed by atoms with van der Waals surface area (Å²) in [6, 6.07) is 21.4. The number of aryl methyl sites for hydroxylation is 1. The quantitative estimate of drug-likeness (QED) is 0.577. The fourth-order valence-electron chi connectivity index (χ4n) is 4.21. The summed E-state index contributed by atoms with van der Waals surface area (Å²) in [7, 11) is 1.65. The smallest absolute Gasteiger partial charge is 0.243 e. The van der Waals surface area contributed by atoms with Gasteiger partial charge in [-0.15, -0.1) is 0 Å². The van der Waals surface area contributed by atoms with Gasteiger partial charge in [0.1, 0.15) is 11.8 Å². The molecule has 0 saturated carbocycles. The third kappa shape index (κ3) is 5.77. The van der Waals surface area contributed by atoms with Crippen molar-refractivity contribution in [3.05, 3.63) is 84.2 Å². The van der Waals surface area contributed by atoms with E-state index in [4.69, 9.17) is 4.74 Å². The molecular formula is C27H29N3O3. The lowest BCUT2D eigenvalue weighted by atomic mass is 9.97. The van der Waals surface area contributed by atoms with Gasteiger partial charge in [0.05, 0.1) is 7.11 Å². The van der Waals surface area contributed by atoms with Crippen LogP contribution in [0, 0.1) is 0 Å². The molecule has 0 unspecified atom stereocenters. The predicted octanol–water partition coefficient (Wildman–Crippen LogP) is 3.65. The molecule has 1 saturated heterocycles. The maximum absolute atomic E-state index is 13.0. The summed E-state index contributed by atoms with van der Waals surface area (Å²) in [6.45, 7) is 1.03. The van der Waals surface area contributed by atoms with Gasteiger partial charge >= 0.3 is 0 Å². The Labute approximate surface area is 194 Å². The van der Waals surface area contributed by atoms with E-state index >= 15 is 0 Å². The second-order valence-corrected chi connectivity index (χ2v) is 8.20. The van der Waals surface area contributed by atoms with Crippen LogP contribution in [0.5, 0.6) is 5.75 Å². The van der Waals surface area contributed by atoms with Crippen LogP contribution in [0.25, 0.3) is 11.1 Å². The van der Waals surface area contributed by atoms with E-state index in [1.807, 2.05) is 60.7 Å². The van der Waals surface area contributed by atoms with Crippen molar-refractivity contribution in [3.8, 4) is 16.9 Å². The van der Waals surface area contributed by atoms with E-state index in [9.17, 15) is 9.59 Å². The van der Waals surface area contributed by atoms with Crippen LogP contribution in [0.3, 0.4) is 0 Å². The number of pyridine rings is 1. The Kier molecular flexibility index (Phi) is 7.35. The minimum atomic E-state index is -0.493. The average Bonchev–Trinajstić information content (AvgIpc) is 2.86. The molecule has 6 heteroatoms. The summed E-state index contributed by atoms with van der Waals surface area (Å²) in [4.78, 5) is 31.8. The maximum Gasteiger partial charge on any atom is 0.243 e. The zero-order chi connectivity index (χ0) is 23.0. The first-order chi connectivity index (χ1) is 16.1. The third-order valence-corrected chi connectivity index (χ3v) is 5.98. The van der Waals surface area contributed by atoms with Crippen molar-refractivity contribution in [2.45, 2.75) is 31.7 Å². The lowest BCUT2D eigenvalue weighted by molar-refractivity contribution is -0.143. The monoisotopic (exact) mass is 443 g/mol. The molecule has 6 nitrogen and oxygen atoms in total. The normalized spacial score (nSPS) is 15.7. The minimum absolute atomic E-state index is 0.0251. The largest absolute Gasteiger partial charge is 0.497 e. The summed E-state index contributed by atoms with van der Waals surface area (Å²) in [5, 5.41) is 2.92. The number of benzene rings is 2. The minimum Gasteiger partial charge on any atom is -0.497 e. The number of methoxy groups -OCH3 is 1. The molecule has 2 heterocycles. The zero-order valence-corrected chi connectivity index (χ0v) is 18.9. The lowest BCUT2D eigenvalue weighted by Crippen LogP contribution is -2.58. The van der Waals surface area contributed by atoms with Crippen molar-refractivity contribution in [1.29, 1.82) is 0 Å². The van der Waals surface area contributed by atoms with E-state index in [-0.39, 0.29) is 11.8 Å². The Bertz CT molecular complexity index is 1080. The fourth-order valence-corrected chi connectivity index (χ4v) is 4.21. The highest BCUT2D eigenvalue weighted by molar-refractivity contribution is 5.89. The van der Waals surface area contributed by atoms with E-state index < -0.39 is 6.04 Å². The number of carbonyl (C=O) groups is 2. The van der Waals surface area contributed by atoms with Crippen LogP contribution >= 0.6 is 0 Å². The Hall–Kier alpha value is -3.67. The van der Waals surface area contributed by atoms with Crippen LogP contribution < -0.4 is 10.1 Å². The van der Waals surface area contributed by atoms with E-state index in [1.165, 1.54) is 0 Å². The van der Waals surface area contributed by atoms with Crippen molar-refractivity contribution < 1.29 is 14.3 Å². The summed E-state index contributed by atoms with van der Waals surface area (Å²) >= 11 is 0. The van der Waals surface area contributed by atoms with Gasteiger partial charge in [-0.05, 0) is 53.8 Å². The second kappa shape index (κ2) is 10.8. The molecule has 170 valence electrons. The van der Waals surface area contributed by atoms with Crippen molar-refractivity contribution in [2.24, 2.45) is 0 Å². The van der Waals surface area contributed by atoms with Crippen LogP contribution in [0.1, 0.15) is 24.1 Å². The number of piperazine rings is 1. The topological polar surface area (TPSA) is 71.5 Å². The van der Waals surface area contributed by atoms with Gasteiger partial charge in [-0.1, -0.05) is 42.5 Å². The average molecular weight is 444 g/mol. The van der Waals surface area contributed by atoms with E-state index in [2.05, 4.69) is 16.4 Å².